The van der Waals surface area contributed by atoms with E-state index in [9.17, 15) is 49.7 Å². The molecule has 14 nitrogen and oxygen atoms in total. The van der Waals surface area contributed by atoms with Crippen LogP contribution in [0.3, 0.4) is 0 Å². The third-order valence-corrected chi connectivity index (χ3v) is 11.4. The number of hydrogen-bond acceptors (Lipinski definition) is 13. The zero-order valence-corrected chi connectivity index (χ0v) is 39.3. The predicted octanol–water partition coefficient (Wildman–Crippen LogP) is 8.25. The van der Waals surface area contributed by atoms with Gasteiger partial charge in [-0.2, -0.15) is 0 Å². The summed E-state index contributed by atoms with van der Waals surface area (Å²) < 4.78 is 33.5. The number of carbonyl (C=O) groups excluding carboxylic acids is 2. The number of carbonyl (C=O) groups is 2. The van der Waals surface area contributed by atoms with Gasteiger partial charge in [-0.3, -0.25) is 18.6 Å². The summed E-state index contributed by atoms with van der Waals surface area (Å²) in [5.41, 5.74) is 0. The minimum absolute atomic E-state index is 0.0637. The molecule has 1 rings (SSSR count). The quantitative estimate of drug-likeness (QED) is 0.0102. The van der Waals surface area contributed by atoms with Crippen molar-refractivity contribution < 1.29 is 68.2 Å². The molecule has 3 unspecified atom stereocenters. The Morgan fingerprint density at radius 1 is 0.562 bits per heavy atom. The molecule has 1 fully saturated rings. The van der Waals surface area contributed by atoms with Gasteiger partial charge in [0, 0.05) is 12.8 Å². The van der Waals surface area contributed by atoms with Gasteiger partial charge in [-0.05, 0) is 77.0 Å². The Bertz CT molecular complexity index is 1460. The molecular formula is C49H81O14P. The number of hydrogen-bond donors (Lipinski definition) is 7. The van der Waals surface area contributed by atoms with Crippen molar-refractivity contribution >= 4 is 19.8 Å². The number of unbranched alkanes of at least 4 members (excludes halogenated alkanes) is 11. The number of esters is 2. The number of phosphoric acid groups is 1. The van der Waals surface area contributed by atoms with E-state index in [-0.39, 0.29) is 12.8 Å². The highest BCUT2D eigenvalue weighted by molar-refractivity contribution is 7.47. The van der Waals surface area contributed by atoms with E-state index >= 15 is 0 Å². The van der Waals surface area contributed by atoms with E-state index in [1.165, 1.54) is 19.3 Å². The number of rotatable bonds is 37. The first-order valence-electron chi connectivity index (χ1n) is 23.5. The maximum atomic E-state index is 12.8. The first kappa shape index (κ1) is 59.0. The fourth-order valence-electron chi connectivity index (χ4n) is 6.42. The van der Waals surface area contributed by atoms with Gasteiger partial charge < -0.3 is 45.0 Å². The summed E-state index contributed by atoms with van der Waals surface area (Å²) in [7, 11) is -5.15. The molecule has 0 aliphatic heterocycles. The summed E-state index contributed by atoms with van der Waals surface area (Å²) in [4.78, 5) is 35.7. The normalized spacial score (nSPS) is 22.8. The molecule has 1 saturated carbocycles. The minimum atomic E-state index is -5.15. The van der Waals surface area contributed by atoms with Gasteiger partial charge in [0.1, 0.15) is 43.2 Å². The molecule has 0 bridgehead atoms. The standard InChI is InChI=1S/C49H81O14P/c1-3-5-6-7-8-9-10-11-12-13-14-19-22-25-28-31-34-37-43(52)62-41(39-61-64(58,59)63-49-47(56)45(54)44(53)46(55)48(49)57)38-60-42(51)36-33-30-27-24-21-18-16-15-17-20-23-26-29-32-35-40(50)4-2/h8-9,11-12,16-18,20,24,26-27,29,32,35,40-41,44-50,53-57H,3-7,10,13-15,19,21-23,25,28,30-31,33-34,36-39H2,1-2H3,(H,58,59)/b9-8-,12-11-,18-16-,20-17-,27-24-,29-26-,35-32+/t40-,41+,44?,45-,46+,47+,48+,49?/m0/s1. The lowest BCUT2D eigenvalue weighted by molar-refractivity contribution is -0.220. The highest BCUT2D eigenvalue weighted by Crippen LogP contribution is 2.47. The fraction of sp³-hybridized carbons (Fsp3) is 0.673. The van der Waals surface area contributed by atoms with Crippen LogP contribution in [0, 0.1) is 0 Å². The van der Waals surface area contributed by atoms with Gasteiger partial charge in [-0.1, -0.05) is 144 Å². The maximum Gasteiger partial charge on any atom is 0.472 e. The number of aliphatic hydroxyl groups is 6. The molecule has 0 spiro atoms. The van der Waals surface area contributed by atoms with Gasteiger partial charge in [0.2, 0.25) is 0 Å². The summed E-state index contributed by atoms with van der Waals surface area (Å²) in [5, 5.41) is 59.7. The van der Waals surface area contributed by atoms with Crippen molar-refractivity contribution in [2.75, 3.05) is 13.2 Å². The molecule has 0 aromatic carbocycles. The van der Waals surface area contributed by atoms with Crippen molar-refractivity contribution in [3.63, 3.8) is 0 Å². The Balaban J connectivity index is 2.51. The minimum Gasteiger partial charge on any atom is -0.462 e. The summed E-state index contributed by atoms with van der Waals surface area (Å²) in [6.07, 6.45) is 33.0. The van der Waals surface area contributed by atoms with Crippen LogP contribution in [-0.2, 0) is 32.7 Å². The molecule has 0 saturated heterocycles. The smallest absolute Gasteiger partial charge is 0.462 e. The van der Waals surface area contributed by atoms with Crippen LogP contribution in [0.2, 0.25) is 0 Å². The first-order chi connectivity index (χ1) is 30.8. The number of allylic oxidation sites excluding steroid dienone is 13. The second-order valence-electron chi connectivity index (χ2n) is 16.1. The molecule has 1 aliphatic carbocycles. The third kappa shape index (κ3) is 30.2. The summed E-state index contributed by atoms with van der Waals surface area (Å²) in [5.74, 6) is -1.20. The molecule has 0 radical (unpaired) electrons. The van der Waals surface area contributed by atoms with Crippen molar-refractivity contribution in [3.05, 3.63) is 85.1 Å². The maximum absolute atomic E-state index is 12.8. The van der Waals surface area contributed by atoms with Crippen molar-refractivity contribution in [1.29, 1.82) is 0 Å². The van der Waals surface area contributed by atoms with Crippen LogP contribution in [0.1, 0.15) is 149 Å². The largest absolute Gasteiger partial charge is 0.472 e. The second kappa shape index (κ2) is 38.1. The van der Waals surface area contributed by atoms with Crippen molar-refractivity contribution in [1.82, 2.24) is 0 Å². The zero-order chi connectivity index (χ0) is 47.3. The zero-order valence-electron chi connectivity index (χ0n) is 38.4. The van der Waals surface area contributed by atoms with Gasteiger partial charge in [0.05, 0.1) is 12.7 Å². The van der Waals surface area contributed by atoms with E-state index in [1.807, 2.05) is 43.4 Å². The summed E-state index contributed by atoms with van der Waals surface area (Å²) >= 11 is 0. The molecule has 15 heteroatoms. The van der Waals surface area contributed by atoms with Crippen LogP contribution < -0.4 is 0 Å². The Morgan fingerprint density at radius 3 is 1.59 bits per heavy atom. The van der Waals surface area contributed by atoms with E-state index in [2.05, 4.69) is 49.5 Å². The Kier molecular flexibility index (Phi) is 35.2. The molecule has 366 valence electrons. The Labute approximate surface area is 382 Å². The van der Waals surface area contributed by atoms with Crippen LogP contribution in [0.25, 0.3) is 0 Å². The van der Waals surface area contributed by atoms with Crippen LogP contribution >= 0.6 is 7.82 Å². The molecule has 1 aliphatic rings. The van der Waals surface area contributed by atoms with Crippen LogP contribution in [0.5, 0.6) is 0 Å². The summed E-state index contributed by atoms with van der Waals surface area (Å²) in [6, 6.07) is 0. The molecule has 0 aromatic heterocycles. The topological polar surface area (TPSA) is 230 Å². The van der Waals surface area contributed by atoms with Crippen molar-refractivity contribution in [2.45, 2.75) is 198 Å². The lowest BCUT2D eigenvalue weighted by Crippen LogP contribution is -2.64. The van der Waals surface area contributed by atoms with E-state index in [0.717, 1.165) is 77.0 Å². The Morgan fingerprint density at radius 2 is 1.03 bits per heavy atom. The third-order valence-electron chi connectivity index (χ3n) is 10.4. The molecule has 7 N–H and O–H groups in total. The van der Waals surface area contributed by atoms with Crippen molar-refractivity contribution in [2.24, 2.45) is 0 Å². The predicted molar refractivity (Wildman–Crippen MR) is 250 cm³/mol. The number of aliphatic hydroxyl groups excluding tert-OH is 6. The number of ether oxygens (including phenoxy) is 2. The van der Waals surface area contributed by atoms with Gasteiger partial charge in [-0.25, -0.2) is 4.57 Å². The monoisotopic (exact) mass is 925 g/mol. The van der Waals surface area contributed by atoms with E-state index in [1.54, 1.807) is 6.08 Å². The molecule has 0 heterocycles. The van der Waals surface area contributed by atoms with Gasteiger partial charge in [0.15, 0.2) is 6.10 Å². The number of phosphoric ester groups is 1. The van der Waals surface area contributed by atoms with E-state index in [0.29, 0.717) is 25.7 Å². The lowest BCUT2D eigenvalue weighted by Gasteiger charge is -2.41. The van der Waals surface area contributed by atoms with Crippen LogP contribution in [0.15, 0.2) is 85.1 Å². The van der Waals surface area contributed by atoms with Gasteiger partial charge in [0.25, 0.3) is 0 Å². The fourth-order valence-corrected chi connectivity index (χ4v) is 7.39. The second-order valence-corrected chi connectivity index (χ2v) is 17.5. The Hall–Kier alpha value is -3.01. The lowest BCUT2D eigenvalue weighted by atomic mass is 9.85. The van der Waals surface area contributed by atoms with Gasteiger partial charge in [-0.15, -0.1) is 0 Å². The molecular weight excluding hydrogens is 843 g/mol. The molecule has 9 atom stereocenters. The molecule has 0 amide bonds. The van der Waals surface area contributed by atoms with E-state index in [4.69, 9.17) is 18.5 Å². The first-order valence-corrected chi connectivity index (χ1v) is 25.0. The average Bonchev–Trinajstić information content (AvgIpc) is 3.28. The summed E-state index contributed by atoms with van der Waals surface area (Å²) in [6.45, 7) is 2.88. The highest BCUT2D eigenvalue weighted by atomic mass is 31.2. The molecule has 0 aromatic rings. The molecule has 64 heavy (non-hydrogen) atoms. The highest BCUT2D eigenvalue weighted by Gasteiger charge is 2.51. The van der Waals surface area contributed by atoms with Crippen LogP contribution in [0.4, 0.5) is 0 Å². The van der Waals surface area contributed by atoms with Gasteiger partial charge >= 0.3 is 19.8 Å². The van der Waals surface area contributed by atoms with Crippen molar-refractivity contribution in [3.8, 4) is 0 Å². The van der Waals surface area contributed by atoms with E-state index < -0.39 is 81.8 Å². The average molecular weight is 925 g/mol. The van der Waals surface area contributed by atoms with Crippen LogP contribution in [-0.4, -0.2) is 110 Å². The SMILES string of the molecule is CCCCC/C=C\C/C=C\CCCCCCCCCC(=O)O[C@H](COC(=O)CCC/C=C\C/C=C\C/C=C\C/C=C\C=C\[C@@H](O)CC)COP(=O)(O)OC1[C@H](O)[C@H](O)C(O)[C@H](O)[C@H]1O.